The molecule has 1 aromatic heterocycles. The molecule has 2 rings (SSSR count). The molecule has 0 atom stereocenters. The Morgan fingerprint density at radius 3 is 2.19 bits per heavy atom. The van der Waals surface area contributed by atoms with Crippen LogP contribution in [0.2, 0.25) is 0 Å². The number of hydrogen-bond acceptors (Lipinski definition) is 5. The fourth-order valence-corrected chi connectivity index (χ4v) is 4.70. The van der Waals surface area contributed by atoms with Crippen molar-refractivity contribution in [3.8, 4) is 0 Å². The van der Waals surface area contributed by atoms with E-state index in [9.17, 15) is 14.2 Å². The van der Waals surface area contributed by atoms with Crippen LogP contribution < -0.4 is 0 Å². The summed E-state index contributed by atoms with van der Waals surface area (Å²) >= 11 is 0. The quantitative estimate of drug-likeness (QED) is 0.310. The van der Waals surface area contributed by atoms with Gasteiger partial charge < -0.3 is 29.1 Å². The van der Waals surface area contributed by atoms with Crippen molar-refractivity contribution in [2.75, 3.05) is 0 Å². The van der Waals surface area contributed by atoms with Crippen molar-refractivity contribution >= 4 is 15.2 Å². The van der Waals surface area contributed by atoms with Crippen molar-refractivity contribution < 1.29 is 38.2 Å². The molecule has 0 fully saturated rings. The van der Waals surface area contributed by atoms with E-state index in [0.717, 1.165) is 5.56 Å². The Hall–Kier alpha value is -1.31. The maximum atomic E-state index is 11.3. The first-order valence-corrected chi connectivity index (χ1v) is 11.1. The van der Waals surface area contributed by atoms with Crippen LogP contribution >= 0.6 is 15.2 Å². The smallest absolute Gasteiger partial charge is 0.369 e. The van der Waals surface area contributed by atoms with Gasteiger partial charge in [0.15, 0.2) is 5.89 Å². The monoisotopic (exact) mass is 405 g/mol. The van der Waals surface area contributed by atoms with Crippen LogP contribution in [0.25, 0.3) is 0 Å². The molecular formula is C15H21NO8P2. The molecule has 11 heteroatoms. The van der Waals surface area contributed by atoms with Crippen molar-refractivity contribution in [1.29, 1.82) is 0 Å². The Labute approximate surface area is 150 Å². The Kier molecular flexibility index (Phi) is 6.58. The van der Waals surface area contributed by atoms with Crippen LogP contribution in [-0.2, 0) is 22.0 Å². The molecule has 0 spiro atoms. The standard InChI is InChI=1S/C15H21NO8P2/c17-15(25(18,19)20,26(21,22)23)9-5-4-8-13-11-24-14(16-13)10-12-6-2-1-3-7-12/h1-3,6-7,11,17H,4-5,8-10H2,(H2,18,19,20)(H2,21,22,23). The molecule has 0 bridgehead atoms. The minimum absolute atomic E-state index is 0.00635. The maximum Gasteiger partial charge on any atom is 0.369 e. The Morgan fingerprint density at radius 2 is 1.62 bits per heavy atom. The molecule has 0 unspecified atom stereocenters. The van der Waals surface area contributed by atoms with Crippen molar-refractivity contribution in [3.63, 3.8) is 0 Å². The minimum Gasteiger partial charge on any atom is -0.448 e. The molecule has 9 nitrogen and oxygen atoms in total. The third-order valence-electron chi connectivity index (χ3n) is 3.93. The van der Waals surface area contributed by atoms with E-state index in [0.29, 0.717) is 30.8 Å². The van der Waals surface area contributed by atoms with Crippen molar-refractivity contribution in [1.82, 2.24) is 4.98 Å². The highest BCUT2D eigenvalue weighted by atomic mass is 31.2. The predicted octanol–water partition coefficient (Wildman–Crippen LogP) is 1.98. The van der Waals surface area contributed by atoms with Crippen LogP contribution in [0.3, 0.4) is 0 Å². The molecular weight excluding hydrogens is 384 g/mol. The molecule has 0 saturated carbocycles. The number of oxazole rings is 1. The van der Waals surface area contributed by atoms with Crippen molar-refractivity contribution in [2.45, 2.75) is 37.2 Å². The van der Waals surface area contributed by atoms with E-state index in [1.165, 1.54) is 6.26 Å². The van der Waals surface area contributed by atoms with Gasteiger partial charge in [0.1, 0.15) is 6.26 Å². The summed E-state index contributed by atoms with van der Waals surface area (Å²) in [6, 6.07) is 9.59. The average Bonchev–Trinajstić information content (AvgIpc) is 2.97. The third-order valence-corrected chi connectivity index (χ3v) is 7.80. The van der Waals surface area contributed by atoms with Crippen LogP contribution in [0.4, 0.5) is 0 Å². The maximum absolute atomic E-state index is 11.3. The van der Waals surface area contributed by atoms with Gasteiger partial charge in [-0.15, -0.1) is 0 Å². The highest BCUT2D eigenvalue weighted by Crippen LogP contribution is 2.69. The number of hydrogen-bond donors (Lipinski definition) is 5. The number of rotatable bonds is 9. The van der Waals surface area contributed by atoms with E-state index in [-0.39, 0.29) is 6.42 Å². The van der Waals surface area contributed by atoms with Crippen LogP contribution in [-0.4, -0.2) is 34.7 Å². The molecule has 0 radical (unpaired) electrons. The molecule has 1 heterocycles. The number of benzene rings is 1. The van der Waals surface area contributed by atoms with Crippen molar-refractivity contribution in [2.24, 2.45) is 0 Å². The molecule has 26 heavy (non-hydrogen) atoms. The van der Waals surface area contributed by atoms with E-state index in [2.05, 4.69) is 4.98 Å². The van der Waals surface area contributed by atoms with Crippen LogP contribution in [0, 0.1) is 0 Å². The highest BCUT2D eigenvalue weighted by Gasteiger charge is 2.58. The van der Waals surface area contributed by atoms with Gasteiger partial charge in [0, 0.05) is 6.42 Å². The van der Waals surface area contributed by atoms with Gasteiger partial charge in [-0.25, -0.2) is 4.98 Å². The van der Waals surface area contributed by atoms with Gasteiger partial charge >= 0.3 is 15.2 Å². The van der Waals surface area contributed by atoms with Crippen LogP contribution in [0.1, 0.15) is 36.4 Å². The number of aromatic nitrogens is 1. The van der Waals surface area contributed by atoms with E-state index in [4.69, 9.17) is 24.0 Å². The largest absolute Gasteiger partial charge is 0.448 e. The molecule has 144 valence electrons. The first kappa shape index (κ1) is 21.0. The van der Waals surface area contributed by atoms with Crippen LogP contribution in [0.5, 0.6) is 0 Å². The second-order valence-electron chi connectivity index (χ2n) is 5.96. The molecule has 1 aromatic carbocycles. The second-order valence-corrected chi connectivity index (χ2v) is 9.97. The van der Waals surface area contributed by atoms with Crippen LogP contribution in [0.15, 0.2) is 41.0 Å². The topological polar surface area (TPSA) is 161 Å². The summed E-state index contributed by atoms with van der Waals surface area (Å²) in [5, 5.41) is 6.43. The Morgan fingerprint density at radius 1 is 1.00 bits per heavy atom. The molecule has 0 aliphatic heterocycles. The predicted molar refractivity (Wildman–Crippen MR) is 92.3 cm³/mol. The molecule has 5 N–H and O–H groups in total. The highest BCUT2D eigenvalue weighted by molar-refractivity contribution is 7.72. The zero-order chi connectivity index (χ0) is 19.4. The van der Waals surface area contributed by atoms with Gasteiger partial charge in [0.05, 0.1) is 5.69 Å². The summed E-state index contributed by atoms with van der Waals surface area (Å²) in [6.45, 7) is 0. The summed E-state index contributed by atoms with van der Waals surface area (Å²) in [5.74, 6) is 0.521. The lowest BCUT2D eigenvalue weighted by Gasteiger charge is -2.29. The summed E-state index contributed by atoms with van der Waals surface area (Å²) in [5.41, 5.74) is 1.65. The summed E-state index contributed by atoms with van der Waals surface area (Å²) < 4.78 is 27.9. The van der Waals surface area contributed by atoms with E-state index < -0.39 is 26.7 Å². The van der Waals surface area contributed by atoms with E-state index in [1.54, 1.807) is 0 Å². The number of unbranched alkanes of at least 4 members (excludes halogenated alkanes) is 1. The van der Waals surface area contributed by atoms with Gasteiger partial charge in [-0.2, -0.15) is 0 Å². The lowest BCUT2D eigenvalue weighted by atomic mass is 10.1. The van der Waals surface area contributed by atoms with Gasteiger partial charge in [-0.05, 0) is 31.2 Å². The average molecular weight is 405 g/mol. The Bertz CT molecular complexity index is 788. The number of aryl methyl sites for hydroxylation is 1. The first-order chi connectivity index (χ1) is 12.0. The Balaban J connectivity index is 1.88. The lowest BCUT2D eigenvalue weighted by Crippen LogP contribution is -2.28. The number of nitrogens with zero attached hydrogens (tertiary/aromatic N) is 1. The SMILES string of the molecule is O=P(O)(O)C(O)(CCCCc1coc(Cc2ccccc2)n1)P(=O)(O)O. The molecule has 0 aliphatic carbocycles. The van der Waals surface area contributed by atoms with Gasteiger partial charge in [0.25, 0.3) is 5.08 Å². The molecule has 2 aromatic rings. The first-order valence-electron chi connectivity index (χ1n) is 7.84. The number of aliphatic hydroxyl groups is 1. The van der Waals surface area contributed by atoms with E-state index >= 15 is 0 Å². The lowest BCUT2D eigenvalue weighted by molar-refractivity contribution is 0.120. The summed E-state index contributed by atoms with van der Waals surface area (Å²) in [4.78, 5) is 40.6. The van der Waals surface area contributed by atoms with Gasteiger partial charge in [-0.3, -0.25) is 9.13 Å². The zero-order valence-electron chi connectivity index (χ0n) is 13.8. The van der Waals surface area contributed by atoms with Gasteiger partial charge in [-0.1, -0.05) is 30.3 Å². The molecule has 0 aliphatic rings. The molecule has 0 saturated heterocycles. The normalized spacial score (nSPS) is 13.1. The van der Waals surface area contributed by atoms with Gasteiger partial charge in [0.2, 0.25) is 0 Å². The fraction of sp³-hybridized carbons (Fsp3) is 0.400. The summed E-state index contributed by atoms with van der Waals surface area (Å²) in [6.07, 6.45) is 1.97. The molecule has 0 amide bonds. The zero-order valence-corrected chi connectivity index (χ0v) is 15.6. The third kappa shape index (κ3) is 5.11. The van der Waals surface area contributed by atoms with Crippen molar-refractivity contribution in [3.05, 3.63) is 53.7 Å². The fourth-order valence-electron chi connectivity index (χ4n) is 2.44. The van der Waals surface area contributed by atoms with E-state index in [1.807, 2.05) is 30.3 Å². The minimum atomic E-state index is -5.40. The summed E-state index contributed by atoms with van der Waals surface area (Å²) in [7, 11) is -10.8. The second kappa shape index (κ2) is 8.15.